The molecule has 3 rings (SSSR count). The van der Waals surface area contributed by atoms with E-state index in [0.29, 0.717) is 22.8 Å². The molecule has 2 aliphatic carbocycles. The van der Waals surface area contributed by atoms with Crippen molar-refractivity contribution in [2.24, 2.45) is 16.7 Å². The van der Waals surface area contributed by atoms with E-state index in [-0.39, 0.29) is 0 Å². The number of nitrogens with zero attached hydrogens (tertiary/aromatic N) is 3. The van der Waals surface area contributed by atoms with Crippen LogP contribution >= 0.6 is 11.6 Å². The fourth-order valence-electron chi connectivity index (χ4n) is 4.55. The van der Waals surface area contributed by atoms with E-state index in [2.05, 4.69) is 35.5 Å². The van der Waals surface area contributed by atoms with Crippen LogP contribution in [-0.2, 0) is 5.88 Å². The second-order valence-electron chi connectivity index (χ2n) is 6.61. The topological polar surface area (TPSA) is 30.7 Å². The molecule has 3 atom stereocenters. The van der Waals surface area contributed by atoms with Crippen LogP contribution in [0.5, 0.6) is 0 Å². The van der Waals surface area contributed by atoms with E-state index in [1.54, 1.807) is 0 Å². The van der Waals surface area contributed by atoms with Crippen molar-refractivity contribution in [3.05, 3.63) is 12.2 Å². The fourth-order valence-corrected chi connectivity index (χ4v) is 4.74. The lowest BCUT2D eigenvalue weighted by Crippen LogP contribution is -2.37. The highest BCUT2D eigenvalue weighted by atomic mass is 35.5. The number of hydrogen-bond acceptors (Lipinski definition) is 2. The summed E-state index contributed by atoms with van der Waals surface area (Å²) in [7, 11) is 0. The van der Waals surface area contributed by atoms with Crippen LogP contribution in [0.4, 0.5) is 0 Å². The number of halogens is 1. The molecule has 0 aromatic carbocycles. The van der Waals surface area contributed by atoms with Gasteiger partial charge in [0.15, 0.2) is 0 Å². The smallest absolute Gasteiger partial charge is 0.148 e. The molecule has 2 saturated carbocycles. The van der Waals surface area contributed by atoms with Crippen LogP contribution in [0.1, 0.15) is 51.9 Å². The van der Waals surface area contributed by atoms with Gasteiger partial charge in [0, 0.05) is 6.04 Å². The van der Waals surface area contributed by atoms with Crippen molar-refractivity contribution in [1.82, 2.24) is 14.8 Å². The van der Waals surface area contributed by atoms with Gasteiger partial charge in [0.05, 0.1) is 5.88 Å². The van der Waals surface area contributed by atoms with Gasteiger partial charge < -0.3 is 4.57 Å². The van der Waals surface area contributed by atoms with Crippen molar-refractivity contribution in [2.45, 2.75) is 52.0 Å². The van der Waals surface area contributed by atoms with Gasteiger partial charge in [-0.25, -0.2) is 0 Å². The van der Waals surface area contributed by atoms with E-state index >= 15 is 0 Å². The van der Waals surface area contributed by atoms with Gasteiger partial charge in [-0.2, -0.15) is 0 Å². The molecule has 4 heteroatoms. The largest absolute Gasteiger partial charge is 0.312 e. The Labute approximate surface area is 108 Å². The summed E-state index contributed by atoms with van der Waals surface area (Å²) in [5.41, 5.74) is 0.730. The Balaban J connectivity index is 2.08. The van der Waals surface area contributed by atoms with E-state index < -0.39 is 0 Å². The molecule has 0 aliphatic heterocycles. The second-order valence-corrected chi connectivity index (χ2v) is 6.87. The highest BCUT2D eigenvalue weighted by Crippen LogP contribution is 2.68. The summed E-state index contributed by atoms with van der Waals surface area (Å²) in [6, 6.07) is 0.498. The summed E-state index contributed by atoms with van der Waals surface area (Å²) in [5.74, 6) is 2.20. The lowest BCUT2D eigenvalue weighted by atomic mass is 9.68. The van der Waals surface area contributed by atoms with E-state index in [4.69, 9.17) is 11.6 Å². The van der Waals surface area contributed by atoms with Crippen LogP contribution in [0.25, 0.3) is 0 Å². The van der Waals surface area contributed by atoms with Crippen molar-refractivity contribution < 1.29 is 0 Å². The van der Waals surface area contributed by atoms with Crippen LogP contribution in [0.2, 0.25) is 0 Å². The molecular formula is C13H20ClN3. The predicted octanol–water partition coefficient (Wildman–Crippen LogP) is 3.40. The molecule has 1 heterocycles. The zero-order chi connectivity index (χ0) is 12.3. The van der Waals surface area contributed by atoms with Crippen LogP contribution in [-0.4, -0.2) is 14.8 Å². The predicted molar refractivity (Wildman–Crippen MR) is 67.8 cm³/mol. The molecule has 3 unspecified atom stereocenters. The third kappa shape index (κ3) is 1.41. The Hall–Kier alpha value is -0.570. The van der Waals surface area contributed by atoms with Crippen molar-refractivity contribution >= 4 is 11.6 Å². The van der Waals surface area contributed by atoms with Crippen molar-refractivity contribution in [2.75, 3.05) is 0 Å². The van der Waals surface area contributed by atoms with Crippen molar-refractivity contribution in [3.63, 3.8) is 0 Å². The van der Waals surface area contributed by atoms with Gasteiger partial charge in [-0.05, 0) is 36.0 Å². The van der Waals surface area contributed by atoms with Gasteiger partial charge in [0.25, 0.3) is 0 Å². The Morgan fingerprint density at radius 3 is 2.82 bits per heavy atom. The average Bonchev–Trinajstić information content (AvgIpc) is 2.88. The molecule has 1 aromatic rings. The zero-order valence-electron chi connectivity index (χ0n) is 10.8. The molecule has 2 bridgehead atoms. The summed E-state index contributed by atoms with van der Waals surface area (Å²) in [5, 5.41) is 8.19. The minimum atomic E-state index is 0.330. The maximum atomic E-state index is 5.97. The summed E-state index contributed by atoms with van der Waals surface area (Å²) >= 11 is 5.97. The summed E-state index contributed by atoms with van der Waals surface area (Å²) in [6.45, 7) is 7.21. The minimum Gasteiger partial charge on any atom is -0.312 e. The SMILES string of the molecule is CC12CCC(C1)C(C)(C)C2n1cnnc1CCl. The van der Waals surface area contributed by atoms with Gasteiger partial charge in [-0.3, -0.25) is 0 Å². The summed E-state index contributed by atoms with van der Waals surface area (Å²) < 4.78 is 2.24. The zero-order valence-corrected chi connectivity index (χ0v) is 11.5. The van der Waals surface area contributed by atoms with Crippen molar-refractivity contribution in [1.29, 1.82) is 0 Å². The molecule has 0 N–H and O–H groups in total. The monoisotopic (exact) mass is 253 g/mol. The highest BCUT2D eigenvalue weighted by molar-refractivity contribution is 6.16. The van der Waals surface area contributed by atoms with E-state index in [9.17, 15) is 0 Å². The first-order valence-electron chi connectivity index (χ1n) is 6.43. The third-order valence-electron chi connectivity index (χ3n) is 5.24. The molecule has 94 valence electrons. The lowest BCUT2D eigenvalue weighted by molar-refractivity contribution is 0.0813. The maximum absolute atomic E-state index is 5.97. The first-order chi connectivity index (χ1) is 7.99. The number of rotatable bonds is 2. The third-order valence-corrected chi connectivity index (χ3v) is 5.48. The summed E-state index contributed by atoms with van der Waals surface area (Å²) in [4.78, 5) is 0. The number of aromatic nitrogens is 3. The number of hydrogen-bond donors (Lipinski definition) is 0. The van der Waals surface area contributed by atoms with Crippen molar-refractivity contribution in [3.8, 4) is 0 Å². The molecule has 0 spiro atoms. The Morgan fingerprint density at radius 2 is 2.24 bits per heavy atom. The van der Waals surface area contributed by atoms with Crippen LogP contribution in [0.3, 0.4) is 0 Å². The number of alkyl halides is 1. The fraction of sp³-hybridized carbons (Fsp3) is 0.846. The second kappa shape index (κ2) is 3.47. The number of fused-ring (bicyclic) bond motifs is 2. The van der Waals surface area contributed by atoms with Gasteiger partial charge in [0.2, 0.25) is 0 Å². The van der Waals surface area contributed by atoms with Crippen LogP contribution in [0.15, 0.2) is 6.33 Å². The first-order valence-corrected chi connectivity index (χ1v) is 6.97. The average molecular weight is 254 g/mol. The molecule has 17 heavy (non-hydrogen) atoms. The Kier molecular flexibility index (Phi) is 2.35. The Morgan fingerprint density at radius 1 is 1.47 bits per heavy atom. The van der Waals surface area contributed by atoms with E-state index in [0.717, 1.165) is 11.7 Å². The van der Waals surface area contributed by atoms with Crippen LogP contribution < -0.4 is 0 Å². The maximum Gasteiger partial charge on any atom is 0.148 e. The van der Waals surface area contributed by atoms with E-state index in [1.165, 1.54) is 19.3 Å². The minimum absolute atomic E-state index is 0.330. The van der Waals surface area contributed by atoms with Gasteiger partial charge in [-0.1, -0.05) is 20.8 Å². The normalized spacial score (nSPS) is 38.8. The van der Waals surface area contributed by atoms with Gasteiger partial charge in [-0.15, -0.1) is 21.8 Å². The molecule has 0 radical (unpaired) electrons. The van der Waals surface area contributed by atoms with Crippen LogP contribution in [0, 0.1) is 16.7 Å². The quantitative estimate of drug-likeness (QED) is 0.757. The highest BCUT2D eigenvalue weighted by Gasteiger charge is 2.60. The van der Waals surface area contributed by atoms with Gasteiger partial charge >= 0.3 is 0 Å². The molecule has 2 fully saturated rings. The molecular weight excluding hydrogens is 234 g/mol. The summed E-state index contributed by atoms with van der Waals surface area (Å²) in [6.07, 6.45) is 5.91. The molecule has 3 nitrogen and oxygen atoms in total. The first kappa shape index (κ1) is 11.5. The molecule has 2 aliphatic rings. The van der Waals surface area contributed by atoms with Gasteiger partial charge in [0.1, 0.15) is 12.2 Å². The lowest BCUT2D eigenvalue weighted by Gasteiger charge is -2.43. The van der Waals surface area contributed by atoms with E-state index in [1.807, 2.05) is 6.33 Å². The molecule has 0 amide bonds. The Bertz CT molecular complexity index is 435. The molecule has 0 saturated heterocycles. The standard InChI is InChI=1S/C13H20ClN3/c1-12(2)9-4-5-13(3,6-9)11(12)17-8-15-16-10(17)7-14/h8-9,11H,4-7H2,1-3H3. The molecule has 1 aromatic heterocycles.